The molecule has 8 atom stereocenters. The zero-order chi connectivity index (χ0) is 34.4. The van der Waals surface area contributed by atoms with Crippen LogP contribution in [0.1, 0.15) is 63.5 Å². The number of carboxylic acid groups (broad SMARTS) is 2. The van der Waals surface area contributed by atoms with Gasteiger partial charge in [0.1, 0.15) is 35.7 Å². The number of hydrogen-bond donors (Lipinski definition) is 7. The van der Waals surface area contributed by atoms with E-state index < -0.39 is 89.9 Å². The second-order valence-corrected chi connectivity index (χ2v) is 12.4. The highest BCUT2D eigenvalue weighted by atomic mass is 16.6. The average molecular weight is 661 g/mol. The van der Waals surface area contributed by atoms with E-state index in [1.807, 2.05) is 0 Å². The number of amides is 2. The molecular weight excluding hydrogens is 624 g/mol. The molecule has 16 nitrogen and oxygen atoms in total. The monoisotopic (exact) mass is 660 g/mol. The molecule has 1 spiro atoms. The van der Waals surface area contributed by atoms with E-state index in [-0.39, 0.29) is 29.6 Å². The number of phenols is 1. The van der Waals surface area contributed by atoms with Crippen molar-refractivity contribution < 1.29 is 68.5 Å². The van der Waals surface area contributed by atoms with Crippen molar-refractivity contribution in [3.05, 3.63) is 35.1 Å². The molecule has 0 saturated heterocycles. The number of nitrogens with one attached hydrogen (secondary N) is 2. The van der Waals surface area contributed by atoms with Gasteiger partial charge in [0.2, 0.25) is 11.8 Å². The number of aromatic hydroxyl groups is 1. The second-order valence-electron chi connectivity index (χ2n) is 12.4. The topological polar surface area (TPSA) is 255 Å². The van der Waals surface area contributed by atoms with Gasteiger partial charge in [-0.05, 0) is 50.8 Å². The lowest BCUT2D eigenvalue weighted by molar-refractivity contribution is -0.201. The van der Waals surface area contributed by atoms with Crippen molar-refractivity contribution in [1.29, 1.82) is 0 Å². The van der Waals surface area contributed by atoms with Gasteiger partial charge in [-0.1, -0.05) is 12.5 Å². The van der Waals surface area contributed by atoms with E-state index in [9.17, 15) is 54.3 Å². The van der Waals surface area contributed by atoms with Crippen molar-refractivity contribution in [2.45, 2.75) is 100 Å². The van der Waals surface area contributed by atoms with Gasteiger partial charge in [0, 0.05) is 17.9 Å². The third kappa shape index (κ3) is 5.75. The lowest BCUT2D eigenvalue weighted by Crippen LogP contribution is -2.69. The van der Waals surface area contributed by atoms with Crippen molar-refractivity contribution in [3.63, 3.8) is 0 Å². The molecule has 2 bridgehead atoms. The van der Waals surface area contributed by atoms with Gasteiger partial charge in [0.15, 0.2) is 17.6 Å². The van der Waals surface area contributed by atoms with Gasteiger partial charge < -0.3 is 50.4 Å². The van der Waals surface area contributed by atoms with Crippen LogP contribution in [0.2, 0.25) is 0 Å². The van der Waals surface area contributed by atoms with Crippen molar-refractivity contribution >= 4 is 35.7 Å². The molecule has 1 fully saturated rings. The number of aliphatic hydroxyl groups excluding tert-OH is 2. The van der Waals surface area contributed by atoms with Crippen LogP contribution in [-0.2, 0) is 50.1 Å². The molecule has 254 valence electrons. The smallest absolute Gasteiger partial charge is 0.326 e. The Balaban J connectivity index is 1.49. The van der Waals surface area contributed by atoms with Gasteiger partial charge in [-0.15, -0.1) is 0 Å². The summed E-state index contributed by atoms with van der Waals surface area (Å²) in [6, 6.07) is -0.202. The number of aliphatic hydroxyl groups is 2. The Morgan fingerprint density at radius 1 is 0.957 bits per heavy atom. The van der Waals surface area contributed by atoms with Crippen LogP contribution in [0, 0.1) is 5.92 Å². The van der Waals surface area contributed by atoms with E-state index in [1.54, 1.807) is 6.07 Å². The maximum absolute atomic E-state index is 13.5. The van der Waals surface area contributed by atoms with Crippen LogP contribution >= 0.6 is 0 Å². The minimum Gasteiger partial charge on any atom is -0.504 e. The first kappa shape index (κ1) is 33.7. The predicted octanol–water partition coefficient (Wildman–Crippen LogP) is -0.459. The van der Waals surface area contributed by atoms with Crippen LogP contribution in [0.25, 0.3) is 0 Å². The van der Waals surface area contributed by atoms with E-state index in [2.05, 4.69) is 10.6 Å². The number of phenolic OH excluding ortho intramolecular Hbond substituents is 1. The highest BCUT2D eigenvalue weighted by Crippen LogP contribution is 2.68. The number of hydrogen-bond acceptors (Lipinski definition) is 12. The number of carbonyl (C=O) groups excluding carboxylic acids is 4. The Kier molecular flexibility index (Phi) is 8.94. The molecule has 4 aliphatic rings. The van der Waals surface area contributed by atoms with Gasteiger partial charge in [0.05, 0.1) is 18.3 Å². The van der Waals surface area contributed by atoms with Gasteiger partial charge >= 0.3 is 23.9 Å². The summed E-state index contributed by atoms with van der Waals surface area (Å²) < 4.78 is 18.2. The highest BCUT2D eigenvalue weighted by Gasteiger charge is 2.73. The summed E-state index contributed by atoms with van der Waals surface area (Å²) in [6.45, 7) is 2.27. The van der Waals surface area contributed by atoms with Crippen molar-refractivity contribution in [2.75, 3.05) is 0 Å². The molecule has 0 unspecified atom stereocenters. The normalized spacial score (nSPS) is 27.4. The Morgan fingerprint density at radius 3 is 2.13 bits per heavy atom. The standard InChI is InChI=1S/C31H36N2O14/c1-13(34)26(39)32-17(28(41)42)11-21(37)45-20-7-9-31(47-22(38)12-18(29(43)44)33-27(40)14(2)35)16-4-3-8-30(31)23-15(10-16)5-6-19(36)24(23)46-25(20)30/h5-7,13-14,16-18,25,34-36H,3-4,8-12H2,1-2H3,(H,32,39)(H,33,40)(H,41,42)(H,43,44)/t13-,14-,16+,17-,18-,25-,30-,31+/m0/s1. The summed E-state index contributed by atoms with van der Waals surface area (Å²) in [6.07, 6.45) is -2.24. The molecule has 1 saturated carbocycles. The van der Waals surface area contributed by atoms with Crippen LogP contribution in [0.3, 0.4) is 0 Å². The molecule has 1 aromatic rings. The Morgan fingerprint density at radius 2 is 1.55 bits per heavy atom. The fourth-order valence-corrected chi connectivity index (χ4v) is 7.46. The first-order valence-corrected chi connectivity index (χ1v) is 15.2. The van der Waals surface area contributed by atoms with Gasteiger partial charge in [0.25, 0.3) is 0 Å². The van der Waals surface area contributed by atoms with E-state index >= 15 is 0 Å². The SMILES string of the molecule is C[C@H](O)C(=O)N[C@@H](CC(=O)OC1=CC[C@@]2(OC(=O)C[C@H](NC(=O)[C@H](C)O)C(=O)O)[C@@H]3CCC[C@@]24c2c(ccc(O)c2O[C@@H]14)C3)C(=O)O. The number of ether oxygens (including phenoxy) is 3. The number of esters is 2. The Bertz CT molecular complexity index is 1550. The zero-order valence-corrected chi connectivity index (χ0v) is 25.6. The summed E-state index contributed by atoms with van der Waals surface area (Å²) in [5.41, 5.74) is -1.16. The van der Waals surface area contributed by atoms with Gasteiger partial charge in [-0.3, -0.25) is 19.2 Å². The molecule has 7 N–H and O–H groups in total. The highest BCUT2D eigenvalue weighted by molar-refractivity contribution is 5.90. The molecule has 16 heteroatoms. The zero-order valence-electron chi connectivity index (χ0n) is 25.6. The molecule has 5 rings (SSSR count). The number of carboxylic acids is 2. The van der Waals surface area contributed by atoms with Crippen molar-refractivity contribution in [2.24, 2.45) is 5.92 Å². The van der Waals surface area contributed by atoms with Crippen LogP contribution in [0.5, 0.6) is 11.5 Å². The van der Waals surface area contributed by atoms with Crippen LogP contribution in [0.4, 0.5) is 0 Å². The summed E-state index contributed by atoms with van der Waals surface area (Å²) in [5.74, 6) is -7.46. The van der Waals surface area contributed by atoms with Gasteiger partial charge in [-0.2, -0.15) is 0 Å². The maximum atomic E-state index is 13.5. The fraction of sp³-hybridized carbons (Fsp3) is 0.548. The number of aliphatic carboxylic acids is 2. The maximum Gasteiger partial charge on any atom is 0.326 e. The predicted molar refractivity (Wildman–Crippen MR) is 155 cm³/mol. The van der Waals surface area contributed by atoms with Crippen LogP contribution in [0.15, 0.2) is 24.0 Å². The van der Waals surface area contributed by atoms with E-state index in [1.165, 1.54) is 12.1 Å². The molecule has 1 aromatic carbocycles. The molecule has 0 radical (unpaired) electrons. The molecule has 47 heavy (non-hydrogen) atoms. The lowest BCUT2D eigenvalue weighted by atomic mass is 9.46. The average Bonchev–Trinajstić information content (AvgIpc) is 3.34. The molecule has 3 aliphatic carbocycles. The summed E-state index contributed by atoms with van der Waals surface area (Å²) in [7, 11) is 0. The molecule has 2 amide bonds. The number of carbonyl (C=O) groups is 6. The second kappa shape index (κ2) is 12.5. The summed E-state index contributed by atoms with van der Waals surface area (Å²) in [4.78, 5) is 74.2. The minimum atomic E-state index is -1.71. The van der Waals surface area contributed by atoms with Crippen molar-refractivity contribution in [1.82, 2.24) is 10.6 Å². The van der Waals surface area contributed by atoms with E-state index in [0.29, 0.717) is 31.2 Å². The quantitative estimate of drug-likeness (QED) is 0.140. The number of benzene rings is 1. The summed E-state index contributed by atoms with van der Waals surface area (Å²) in [5, 5.41) is 53.2. The van der Waals surface area contributed by atoms with Crippen LogP contribution < -0.4 is 15.4 Å². The third-order valence-corrected chi connectivity index (χ3v) is 9.48. The Labute approximate surface area is 267 Å². The van der Waals surface area contributed by atoms with Crippen LogP contribution in [-0.4, -0.2) is 97.2 Å². The largest absolute Gasteiger partial charge is 0.504 e. The lowest BCUT2D eigenvalue weighted by Gasteiger charge is -2.60. The molecule has 0 aromatic heterocycles. The van der Waals surface area contributed by atoms with Gasteiger partial charge in [-0.25, -0.2) is 9.59 Å². The van der Waals surface area contributed by atoms with E-state index in [0.717, 1.165) is 19.4 Å². The first-order valence-electron chi connectivity index (χ1n) is 15.2. The Hall–Kier alpha value is -4.70. The molecular formula is C31H36N2O14. The molecule has 1 heterocycles. The minimum absolute atomic E-state index is 0.0146. The first-order chi connectivity index (χ1) is 22.1. The van der Waals surface area contributed by atoms with Crippen molar-refractivity contribution in [3.8, 4) is 11.5 Å². The third-order valence-electron chi connectivity index (χ3n) is 9.48. The molecule has 1 aliphatic heterocycles. The van der Waals surface area contributed by atoms with E-state index in [4.69, 9.17) is 14.2 Å². The summed E-state index contributed by atoms with van der Waals surface area (Å²) >= 11 is 0. The fourth-order valence-electron chi connectivity index (χ4n) is 7.46. The number of rotatable bonds is 12.